The van der Waals surface area contributed by atoms with Gasteiger partial charge in [0.15, 0.2) is 0 Å². The van der Waals surface area contributed by atoms with E-state index in [0.29, 0.717) is 17.0 Å². The van der Waals surface area contributed by atoms with E-state index in [1.807, 2.05) is 5.01 Å². The number of carbonyl (C=O) groups is 1. The molecule has 1 aliphatic heterocycles. The van der Waals surface area contributed by atoms with Gasteiger partial charge in [0.25, 0.3) is 0 Å². The van der Waals surface area contributed by atoms with E-state index in [4.69, 9.17) is 9.47 Å². The number of benzene rings is 1. The summed E-state index contributed by atoms with van der Waals surface area (Å²) in [6, 6.07) is 3.35. The second-order valence-corrected chi connectivity index (χ2v) is 5.87. The summed E-state index contributed by atoms with van der Waals surface area (Å²) >= 11 is 2.12. The van der Waals surface area contributed by atoms with Gasteiger partial charge in [0, 0.05) is 16.7 Å². The molecular formula is C14H18IN3O3. The zero-order valence-electron chi connectivity index (χ0n) is 12.1. The molecule has 1 aromatic rings. The molecule has 0 aliphatic carbocycles. The standard InChI is InChI=1S/C14H18IN3O3/c1-20-12-9-10(14(19)21-2)8-11(15)13(12)16-17-18-6-4-3-5-7-18/h8-9H,3-7H2,1-2H3. The van der Waals surface area contributed by atoms with Crippen molar-refractivity contribution in [3.05, 3.63) is 21.3 Å². The molecule has 0 radical (unpaired) electrons. The topological polar surface area (TPSA) is 63.5 Å². The highest BCUT2D eigenvalue weighted by Gasteiger charge is 2.15. The van der Waals surface area contributed by atoms with Crippen LogP contribution in [0, 0.1) is 3.57 Å². The number of carbonyl (C=O) groups excluding carboxylic acids is 1. The van der Waals surface area contributed by atoms with Gasteiger partial charge in [0.05, 0.1) is 19.8 Å². The Bertz CT molecular complexity index is 543. The van der Waals surface area contributed by atoms with Crippen LogP contribution in [0.15, 0.2) is 22.5 Å². The van der Waals surface area contributed by atoms with Gasteiger partial charge in [-0.1, -0.05) is 5.22 Å². The largest absolute Gasteiger partial charge is 0.494 e. The van der Waals surface area contributed by atoms with Crippen molar-refractivity contribution in [1.29, 1.82) is 0 Å². The molecule has 0 atom stereocenters. The van der Waals surface area contributed by atoms with Crippen molar-refractivity contribution in [3.63, 3.8) is 0 Å². The zero-order chi connectivity index (χ0) is 15.2. The quantitative estimate of drug-likeness (QED) is 0.438. The van der Waals surface area contributed by atoms with Crippen molar-refractivity contribution in [3.8, 4) is 5.75 Å². The van der Waals surface area contributed by atoms with E-state index in [1.165, 1.54) is 13.5 Å². The minimum absolute atomic E-state index is 0.397. The van der Waals surface area contributed by atoms with Gasteiger partial charge in [-0.3, -0.25) is 5.01 Å². The van der Waals surface area contributed by atoms with Gasteiger partial charge < -0.3 is 9.47 Å². The van der Waals surface area contributed by atoms with Crippen LogP contribution in [0.1, 0.15) is 29.6 Å². The molecule has 0 amide bonds. The molecule has 6 nitrogen and oxygen atoms in total. The molecule has 0 bridgehead atoms. The molecule has 114 valence electrons. The lowest BCUT2D eigenvalue weighted by Crippen LogP contribution is -2.23. The van der Waals surface area contributed by atoms with Crippen LogP contribution in [0.2, 0.25) is 0 Å². The highest BCUT2D eigenvalue weighted by Crippen LogP contribution is 2.34. The summed E-state index contributed by atoms with van der Waals surface area (Å²) in [7, 11) is 2.90. The Morgan fingerprint density at radius 2 is 1.95 bits per heavy atom. The van der Waals surface area contributed by atoms with Crippen LogP contribution in [0.5, 0.6) is 5.75 Å². The molecule has 0 aromatic heterocycles. The molecule has 0 saturated carbocycles. The number of ether oxygens (including phenoxy) is 2. The number of nitrogens with zero attached hydrogens (tertiary/aromatic N) is 3. The molecule has 0 N–H and O–H groups in total. The maximum Gasteiger partial charge on any atom is 0.338 e. The Balaban J connectivity index is 2.25. The van der Waals surface area contributed by atoms with Crippen molar-refractivity contribution in [2.75, 3.05) is 27.3 Å². The molecule has 1 fully saturated rings. The molecule has 1 aliphatic rings. The fourth-order valence-corrected chi connectivity index (χ4v) is 2.85. The first-order valence-corrected chi connectivity index (χ1v) is 7.86. The van der Waals surface area contributed by atoms with Crippen LogP contribution in [-0.4, -0.2) is 38.3 Å². The molecular weight excluding hydrogens is 385 g/mol. The summed E-state index contributed by atoms with van der Waals surface area (Å²) < 4.78 is 10.8. The summed E-state index contributed by atoms with van der Waals surface area (Å²) in [5, 5.41) is 10.5. The van der Waals surface area contributed by atoms with Crippen molar-refractivity contribution >= 4 is 34.2 Å². The molecule has 1 aromatic carbocycles. The molecule has 0 unspecified atom stereocenters. The Labute approximate surface area is 137 Å². The third-order valence-corrected chi connectivity index (χ3v) is 4.10. The van der Waals surface area contributed by atoms with Crippen molar-refractivity contribution in [2.24, 2.45) is 10.3 Å². The fraction of sp³-hybridized carbons (Fsp3) is 0.500. The van der Waals surface area contributed by atoms with Gasteiger partial charge in [0.1, 0.15) is 11.4 Å². The molecule has 7 heteroatoms. The Morgan fingerprint density at radius 3 is 2.57 bits per heavy atom. The highest BCUT2D eigenvalue weighted by atomic mass is 127. The molecule has 1 heterocycles. The Kier molecular flexibility index (Phi) is 5.77. The van der Waals surface area contributed by atoms with E-state index in [0.717, 1.165) is 29.5 Å². The van der Waals surface area contributed by atoms with Crippen LogP contribution < -0.4 is 4.74 Å². The van der Waals surface area contributed by atoms with Crippen LogP contribution in [-0.2, 0) is 4.74 Å². The smallest absolute Gasteiger partial charge is 0.338 e. The number of hydrogen-bond acceptors (Lipinski definition) is 5. The van der Waals surface area contributed by atoms with Gasteiger partial charge in [-0.25, -0.2) is 4.79 Å². The summed E-state index contributed by atoms with van der Waals surface area (Å²) in [5.41, 5.74) is 1.08. The van der Waals surface area contributed by atoms with E-state index < -0.39 is 5.97 Å². The molecule has 21 heavy (non-hydrogen) atoms. The number of halogens is 1. The molecule has 0 spiro atoms. The number of rotatable bonds is 4. The molecule has 2 rings (SSSR count). The van der Waals surface area contributed by atoms with Gasteiger partial charge in [0.2, 0.25) is 0 Å². The summed E-state index contributed by atoms with van der Waals surface area (Å²) in [6.07, 6.45) is 3.55. The predicted molar refractivity (Wildman–Crippen MR) is 87.0 cm³/mol. The van der Waals surface area contributed by atoms with Crippen LogP contribution in [0.4, 0.5) is 5.69 Å². The predicted octanol–water partition coefficient (Wildman–Crippen LogP) is 3.57. The van der Waals surface area contributed by atoms with Crippen molar-refractivity contribution in [1.82, 2.24) is 5.01 Å². The lowest BCUT2D eigenvalue weighted by molar-refractivity contribution is 0.0600. The number of esters is 1. The van der Waals surface area contributed by atoms with E-state index in [9.17, 15) is 4.79 Å². The lowest BCUT2D eigenvalue weighted by Gasteiger charge is -2.22. The van der Waals surface area contributed by atoms with E-state index in [2.05, 4.69) is 32.9 Å². The third kappa shape index (κ3) is 4.05. The van der Waals surface area contributed by atoms with Gasteiger partial charge in [-0.15, -0.1) is 5.11 Å². The normalized spacial score (nSPS) is 15.3. The zero-order valence-corrected chi connectivity index (χ0v) is 14.3. The van der Waals surface area contributed by atoms with E-state index in [1.54, 1.807) is 19.2 Å². The average molecular weight is 403 g/mol. The highest BCUT2D eigenvalue weighted by molar-refractivity contribution is 14.1. The van der Waals surface area contributed by atoms with Gasteiger partial charge in [-0.2, -0.15) is 0 Å². The number of piperidine rings is 1. The first-order valence-electron chi connectivity index (χ1n) is 6.78. The van der Waals surface area contributed by atoms with Crippen LogP contribution in [0.3, 0.4) is 0 Å². The first-order chi connectivity index (χ1) is 10.2. The fourth-order valence-electron chi connectivity index (χ4n) is 2.14. The summed E-state index contributed by atoms with van der Waals surface area (Å²) in [6.45, 7) is 1.87. The average Bonchev–Trinajstić information content (AvgIpc) is 2.53. The lowest BCUT2D eigenvalue weighted by atomic mass is 10.2. The maximum atomic E-state index is 11.6. The van der Waals surface area contributed by atoms with Gasteiger partial charge >= 0.3 is 5.97 Å². The first kappa shape index (κ1) is 16.0. The second-order valence-electron chi connectivity index (χ2n) is 4.70. The van der Waals surface area contributed by atoms with Crippen molar-refractivity contribution < 1.29 is 14.3 Å². The minimum atomic E-state index is -0.397. The van der Waals surface area contributed by atoms with E-state index in [-0.39, 0.29) is 0 Å². The second kappa shape index (κ2) is 7.58. The molecule has 1 saturated heterocycles. The third-order valence-electron chi connectivity index (χ3n) is 3.27. The minimum Gasteiger partial charge on any atom is -0.494 e. The summed E-state index contributed by atoms with van der Waals surface area (Å²) in [4.78, 5) is 11.6. The van der Waals surface area contributed by atoms with Gasteiger partial charge in [-0.05, 0) is 54.0 Å². The Hall–Kier alpha value is -1.38. The maximum absolute atomic E-state index is 11.6. The SMILES string of the molecule is COC(=O)c1cc(I)c(N=NN2CCCCC2)c(OC)c1. The monoisotopic (exact) mass is 403 g/mol. The number of methoxy groups -OCH3 is 2. The van der Waals surface area contributed by atoms with Crippen LogP contribution >= 0.6 is 22.6 Å². The number of hydrogen-bond donors (Lipinski definition) is 0. The summed E-state index contributed by atoms with van der Waals surface area (Å²) in [5.74, 6) is 0.119. The van der Waals surface area contributed by atoms with Crippen molar-refractivity contribution in [2.45, 2.75) is 19.3 Å². The Morgan fingerprint density at radius 1 is 1.24 bits per heavy atom. The van der Waals surface area contributed by atoms with E-state index >= 15 is 0 Å². The van der Waals surface area contributed by atoms with Crippen LogP contribution in [0.25, 0.3) is 0 Å².